The number of ether oxygens (including phenoxy) is 1. The zero-order valence-corrected chi connectivity index (χ0v) is 8.14. The molecule has 0 aliphatic carbocycles. The van der Waals surface area contributed by atoms with Crippen molar-refractivity contribution in [2.24, 2.45) is 0 Å². The first kappa shape index (κ1) is 11.1. The van der Waals surface area contributed by atoms with Gasteiger partial charge in [0.2, 0.25) is 0 Å². The molecule has 0 aliphatic heterocycles. The van der Waals surface area contributed by atoms with Crippen molar-refractivity contribution in [2.45, 2.75) is 46.1 Å². The second-order valence-corrected chi connectivity index (χ2v) is 3.66. The quantitative estimate of drug-likeness (QED) is 0.480. The van der Waals surface area contributed by atoms with Crippen LogP contribution >= 0.6 is 0 Å². The molecular weight excluding hydrogens is 156 g/mol. The summed E-state index contributed by atoms with van der Waals surface area (Å²) in [5, 5.41) is 0. The third kappa shape index (κ3) is 5.89. The summed E-state index contributed by atoms with van der Waals surface area (Å²) in [6.07, 6.45) is 0.285. The first-order valence-electron chi connectivity index (χ1n) is 4.08. The predicted molar refractivity (Wildman–Crippen MR) is 45.8 cm³/mol. The number of hydrogen-bond donors (Lipinski definition) is 0. The first-order chi connectivity index (χ1) is 5.35. The van der Waals surface area contributed by atoms with E-state index in [1.165, 1.54) is 0 Å². The Kier molecular flexibility index (Phi) is 3.93. The fourth-order valence-corrected chi connectivity index (χ4v) is 0.664. The van der Waals surface area contributed by atoms with E-state index in [1.54, 1.807) is 27.7 Å². The summed E-state index contributed by atoms with van der Waals surface area (Å²) in [6.45, 7) is 7.07. The van der Waals surface area contributed by atoms with Crippen LogP contribution in [0.5, 0.6) is 0 Å². The van der Waals surface area contributed by atoms with Crippen molar-refractivity contribution in [2.75, 3.05) is 0 Å². The van der Waals surface area contributed by atoms with Gasteiger partial charge in [0, 0.05) is 6.42 Å². The second-order valence-electron chi connectivity index (χ2n) is 3.66. The molecule has 3 heteroatoms. The number of carbonyl (C=O) groups excluding carboxylic acids is 2. The molecule has 0 rings (SSSR count). The standard InChI is InChI=1S/C9H16O3/c1-5-7(10)6-8(11)12-9(2,3)4/h5-6H2,1-4H3. The Morgan fingerprint density at radius 2 is 1.75 bits per heavy atom. The van der Waals surface area contributed by atoms with Crippen molar-refractivity contribution in [3.63, 3.8) is 0 Å². The van der Waals surface area contributed by atoms with Crippen LogP contribution in [0, 0.1) is 0 Å². The number of ketones is 1. The van der Waals surface area contributed by atoms with Crippen LogP contribution in [0.2, 0.25) is 0 Å². The van der Waals surface area contributed by atoms with Crippen LogP contribution in [0.1, 0.15) is 40.5 Å². The molecule has 0 saturated carbocycles. The maximum atomic E-state index is 11.0. The highest BCUT2D eigenvalue weighted by atomic mass is 16.6. The largest absolute Gasteiger partial charge is 0.460 e. The van der Waals surface area contributed by atoms with Gasteiger partial charge in [-0.05, 0) is 20.8 Å². The molecule has 0 radical (unpaired) electrons. The number of esters is 1. The fourth-order valence-electron chi connectivity index (χ4n) is 0.664. The van der Waals surface area contributed by atoms with Gasteiger partial charge in [-0.25, -0.2) is 0 Å². The Morgan fingerprint density at radius 1 is 1.25 bits per heavy atom. The average molecular weight is 172 g/mol. The summed E-state index contributed by atoms with van der Waals surface area (Å²) >= 11 is 0. The van der Waals surface area contributed by atoms with E-state index >= 15 is 0 Å². The highest BCUT2D eigenvalue weighted by Crippen LogP contribution is 2.08. The minimum atomic E-state index is -0.495. The molecule has 0 aromatic heterocycles. The van der Waals surface area contributed by atoms with E-state index in [9.17, 15) is 9.59 Å². The summed E-state index contributed by atoms with van der Waals surface area (Å²) in [6, 6.07) is 0. The molecule has 12 heavy (non-hydrogen) atoms. The van der Waals surface area contributed by atoms with Gasteiger partial charge in [0.25, 0.3) is 0 Å². The van der Waals surface area contributed by atoms with Gasteiger partial charge in [-0.2, -0.15) is 0 Å². The summed E-state index contributed by atoms with van der Waals surface area (Å²) < 4.78 is 4.95. The lowest BCUT2D eigenvalue weighted by Crippen LogP contribution is -2.25. The summed E-state index contributed by atoms with van der Waals surface area (Å²) in [5.41, 5.74) is -0.495. The van der Waals surface area contributed by atoms with E-state index in [-0.39, 0.29) is 12.2 Å². The maximum Gasteiger partial charge on any atom is 0.313 e. The summed E-state index contributed by atoms with van der Waals surface area (Å²) in [4.78, 5) is 21.8. The smallest absolute Gasteiger partial charge is 0.313 e. The molecular formula is C9H16O3. The Bertz CT molecular complexity index is 177. The SMILES string of the molecule is CCC(=O)CC(=O)OC(C)(C)C. The minimum absolute atomic E-state index is 0.0794. The van der Waals surface area contributed by atoms with E-state index in [4.69, 9.17) is 4.74 Å². The van der Waals surface area contributed by atoms with Crippen LogP contribution < -0.4 is 0 Å². The highest BCUT2D eigenvalue weighted by molar-refractivity contribution is 5.95. The molecule has 0 aromatic rings. The van der Waals surface area contributed by atoms with Crippen LogP contribution in [0.3, 0.4) is 0 Å². The van der Waals surface area contributed by atoms with Gasteiger partial charge < -0.3 is 4.74 Å². The second kappa shape index (κ2) is 4.24. The monoisotopic (exact) mass is 172 g/mol. The Morgan fingerprint density at radius 3 is 2.08 bits per heavy atom. The third-order valence-corrected chi connectivity index (χ3v) is 1.16. The summed E-state index contributed by atoms with van der Waals surface area (Å²) in [7, 11) is 0. The van der Waals surface area contributed by atoms with Gasteiger partial charge in [-0.15, -0.1) is 0 Å². The molecule has 0 saturated heterocycles. The Balaban J connectivity index is 3.83. The normalized spacial score (nSPS) is 11.0. The molecule has 3 nitrogen and oxygen atoms in total. The van der Waals surface area contributed by atoms with Crippen molar-refractivity contribution in [1.82, 2.24) is 0 Å². The van der Waals surface area contributed by atoms with E-state index in [1.807, 2.05) is 0 Å². The van der Waals surface area contributed by atoms with E-state index in [0.29, 0.717) is 6.42 Å². The van der Waals surface area contributed by atoms with Crippen molar-refractivity contribution in [1.29, 1.82) is 0 Å². The molecule has 0 amide bonds. The molecule has 0 spiro atoms. The number of hydrogen-bond acceptors (Lipinski definition) is 3. The van der Waals surface area contributed by atoms with Crippen molar-refractivity contribution >= 4 is 11.8 Å². The molecule has 0 heterocycles. The van der Waals surface area contributed by atoms with E-state index in [2.05, 4.69) is 0 Å². The molecule has 0 fully saturated rings. The molecule has 70 valence electrons. The first-order valence-corrected chi connectivity index (χ1v) is 4.08. The number of rotatable bonds is 3. The van der Waals surface area contributed by atoms with Gasteiger partial charge in [0.15, 0.2) is 0 Å². The molecule has 0 N–H and O–H groups in total. The minimum Gasteiger partial charge on any atom is -0.460 e. The van der Waals surface area contributed by atoms with Crippen LogP contribution in [-0.2, 0) is 14.3 Å². The Hall–Kier alpha value is -0.860. The molecule has 0 bridgehead atoms. The molecule has 0 atom stereocenters. The maximum absolute atomic E-state index is 11.0. The van der Waals surface area contributed by atoms with E-state index < -0.39 is 11.6 Å². The zero-order chi connectivity index (χ0) is 9.78. The van der Waals surface area contributed by atoms with Crippen LogP contribution in [0.15, 0.2) is 0 Å². The third-order valence-electron chi connectivity index (χ3n) is 1.16. The highest BCUT2D eigenvalue weighted by Gasteiger charge is 2.17. The molecule has 0 aromatic carbocycles. The van der Waals surface area contributed by atoms with Crippen LogP contribution in [-0.4, -0.2) is 17.4 Å². The van der Waals surface area contributed by atoms with E-state index in [0.717, 1.165) is 0 Å². The van der Waals surface area contributed by atoms with Gasteiger partial charge in [-0.3, -0.25) is 9.59 Å². The van der Waals surface area contributed by atoms with Gasteiger partial charge in [-0.1, -0.05) is 6.92 Å². The predicted octanol–water partition coefficient (Wildman–Crippen LogP) is 1.70. The fraction of sp³-hybridized carbons (Fsp3) is 0.778. The van der Waals surface area contributed by atoms with Crippen molar-refractivity contribution in [3.05, 3.63) is 0 Å². The van der Waals surface area contributed by atoms with Crippen molar-refractivity contribution < 1.29 is 14.3 Å². The van der Waals surface area contributed by atoms with Gasteiger partial charge in [0.05, 0.1) is 0 Å². The van der Waals surface area contributed by atoms with Gasteiger partial charge in [0.1, 0.15) is 17.8 Å². The molecule has 0 aliphatic rings. The molecule has 0 unspecified atom stereocenters. The lowest BCUT2D eigenvalue weighted by atomic mass is 10.2. The zero-order valence-electron chi connectivity index (χ0n) is 8.14. The summed E-state index contributed by atoms with van der Waals surface area (Å²) in [5.74, 6) is -0.515. The van der Waals surface area contributed by atoms with Crippen LogP contribution in [0.25, 0.3) is 0 Å². The topological polar surface area (TPSA) is 43.4 Å². The van der Waals surface area contributed by atoms with Crippen molar-refractivity contribution in [3.8, 4) is 0 Å². The average Bonchev–Trinajstić information content (AvgIpc) is 1.82. The lowest BCUT2D eigenvalue weighted by molar-refractivity contribution is -0.156. The Labute approximate surface area is 73.1 Å². The lowest BCUT2D eigenvalue weighted by Gasteiger charge is -2.18. The number of carbonyl (C=O) groups is 2. The van der Waals surface area contributed by atoms with Crippen LogP contribution in [0.4, 0.5) is 0 Å². The number of Topliss-reactive ketones (excluding diaryl/α,β-unsaturated/α-hetero) is 1. The van der Waals surface area contributed by atoms with Gasteiger partial charge >= 0.3 is 5.97 Å².